The summed E-state index contributed by atoms with van der Waals surface area (Å²) in [6.45, 7) is 0.518. The molecule has 5 aromatic rings. The first kappa shape index (κ1) is 23.3. The van der Waals surface area contributed by atoms with E-state index < -0.39 is 11.6 Å². The molecule has 10 heteroatoms. The molecule has 0 bridgehead atoms. The van der Waals surface area contributed by atoms with Crippen molar-refractivity contribution in [3.05, 3.63) is 101 Å². The lowest BCUT2D eigenvalue weighted by molar-refractivity contribution is 0.0951. The molecule has 0 saturated heterocycles. The highest BCUT2D eigenvalue weighted by atomic mass is 32.1. The van der Waals surface area contributed by atoms with Crippen LogP contribution in [0.4, 0.5) is 20.4 Å². The van der Waals surface area contributed by atoms with Crippen molar-refractivity contribution >= 4 is 39.8 Å². The molecule has 2 aromatic carbocycles. The zero-order chi connectivity index (χ0) is 25.1. The largest absolute Gasteiger partial charge is 0.383 e. The predicted octanol–water partition coefficient (Wildman–Crippen LogP) is 5.16. The summed E-state index contributed by atoms with van der Waals surface area (Å²) < 4.78 is 26.6. The van der Waals surface area contributed by atoms with E-state index in [1.807, 2.05) is 30.3 Å². The van der Waals surface area contributed by atoms with Crippen LogP contribution in [0.25, 0.3) is 21.3 Å². The molecule has 1 amide bonds. The van der Waals surface area contributed by atoms with Crippen LogP contribution in [0, 0.1) is 11.6 Å². The first-order chi connectivity index (χ1) is 17.5. The molecule has 0 fully saturated rings. The lowest BCUT2D eigenvalue weighted by Gasteiger charge is -2.11. The van der Waals surface area contributed by atoms with Crippen LogP contribution in [0.2, 0.25) is 0 Å². The first-order valence-electron chi connectivity index (χ1n) is 11.0. The minimum absolute atomic E-state index is 0.0555. The van der Waals surface area contributed by atoms with E-state index >= 15 is 0 Å². The number of rotatable bonds is 7. The van der Waals surface area contributed by atoms with Gasteiger partial charge in [-0.2, -0.15) is 0 Å². The van der Waals surface area contributed by atoms with Gasteiger partial charge in [0, 0.05) is 27.9 Å². The quantitative estimate of drug-likeness (QED) is 0.284. The molecule has 3 aromatic heterocycles. The van der Waals surface area contributed by atoms with Gasteiger partial charge in [0.1, 0.15) is 18.0 Å². The summed E-state index contributed by atoms with van der Waals surface area (Å²) >= 11 is 1.61. The number of carbonyl (C=O) groups excluding carboxylic acids is 1. The zero-order valence-electron chi connectivity index (χ0n) is 18.8. The summed E-state index contributed by atoms with van der Waals surface area (Å²) in [5.74, 6) is -1.41. The van der Waals surface area contributed by atoms with Crippen molar-refractivity contribution in [1.82, 2.24) is 20.3 Å². The van der Waals surface area contributed by atoms with Gasteiger partial charge < -0.3 is 16.4 Å². The number of hydrogen-bond acceptors (Lipinski definition) is 7. The molecule has 4 N–H and O–H groups in total. The Bertz CT molecular complexity index is 1570. The van der Waals surface area contributed by atoms with Gasteiger partial charge in [0.2, 0.25) is 0 Å². The summed E-state index contributed by atoms with van der Waals surface area (Å²) in [5, 5.41) is 6.74. The third kappa shape index (κ3) is 4.98. The number of halogens is 2. The molecule has 0 spiro atoms. The highest BCUT2D eigenvalue weighted by Gasteiger charge is 2.13. The third-order valence-electron chi connectivity index (χ3n) is 5.53. The standard InChI is InChI=1S/C26H20F2N6OS/c27-20-6-3-15(10-21(20)28)12-32-26(35)18-2-1-9-30-25(18)31-13-17-5-8-23(36-17)16-4-7-22-19(11-16)24(29)34-14-33-22/h1-11,14H,12-13H2,(H,30,31)(H,32,35)(H2,29,33,34). The van der Waals surface area contributed by atoms with Crippen LogP contribution in [-0.4, -0.2) is 20.9 Å². The fourth-order valence-electron chi connectivity index (χ4n) is 3.69. The average Bonchev–Trinajstić information content (AvgIpc) is 3.37. The zero-order valence-corrected chi connectivity index (χ0v) is 19.7. The van der Waals surface area contributed by atoms with E-state index in [4.69, 9.17) is 5.73 Å². The highest BCUT2D eigenvalue weighted by Crippen LogP contribution is 2.31. The molecule has 0 aliphatic carbocycles. The van der Waals surface area contributed by atoms with Gasteiger partial charge >= 0.3 is 0 Å². The smallest absolute Gasteiger partial charge is 0.255 e. The highest BCUT2D eigenvalue weighted by molar-refractivity contribution is 7.15. The second-order valence-electron chi connectivity index (χ2n) is 7.94. The van der Waals surface area contributed by atoms with Crippen molar-refractivity contribution in [1.29, 1.82) is 0 Å². The molecule has 180 valence electrons. The van der Waals surface area contributed by atoms with Crippen LogP contribution < -0.4 is 16.4 Å². The Morgan fingerprint density at radius 3 is 2.69 bits per heavy atom. The molecule has 0 radical (unpaired) electrons. The number of anilines is 2. The van der Waals surface area contributed by atoms with Gasteiger partial charge in [-0.15, -0.1) is 11.3 Å². The monoisotopic (exact) mass is 502 g/mol. The van der Waals surface area contributed by atoms with E-state index in [0.717, 1.165) is 38.4 Å². The Morgan fingerprint density at radius 2 is 1.83 bits per heavy atom. The van der Waals surface area contributed by atoms with Gasteiger partial charge in [0.25, 0.3) is 5.91 Å². The molecule has 0 aliphatic heterocycles. The fourth-order valence-corrected chi connectivity index (χ4v) is 4.63. The van der Waals surface area contributed by atoms with Crippen molar-refractivity contribution in [2.24, 2.45) is 0 Å². The van der Waals surface area contributed by atoms with Crippen LogP contribution in [0.3, 0.4) is 0 Å². The van der Waals surface area contributed by atoms with Gasteiger partial charge in [-0.25, -0.2) is 23.7 Å². The SMILES string of the molecule is Nc1ncnc2ccc(-c3ccc(CNc4ncccc4C(=O)NCc4ccc(F)c(F)c4)s3)cc12. The van der Waals surface area contributed by atoms with Crippen LogP contribution in [0.1, 0.15) is 20.8 Å². The summed E-state index contributed by atoms with van der Waals surface area (Å²) in [4.78, 5) is 27.4. The number of pyridine rings is 1. The van der Waals surface area contributed by atoms with E-state index in [1.165, 1.54) is 12.4 Å². The van der Waals surface area contributed by atoms with Crippen molar-refractivity contribution in [3.8, 4) is 10.4 Å². The number of fused-ring (bicyclic) bond motifs is 1. The van der Waals surface area contributed by atoms with Crippen LogP contribution in [-0.2, 0) is 13.1 Å². The molecule has 36 heavy (non-hydrogen) atoms. The van der Waals surface area contributed by atoms with Gasteiger partial charge in [-0.3, -0.25) is 4.79 Å². The van der Waals surface area contributed by atoms with Gasteiger partial charge in [-0.05, 0) is 59.7 Å². The molecule has 3 heterocycles. The molecule has 5 rings (SSSR count). The third-order valence-corrected chi connectivity index (χ3v) is 6.67. The minimum atomic E-state index is -0.957. The van der Waals surface area contributed by atoms with E-state index in [2.05, 4.69) is 25.6 Å². The maximum Gasteiger partial charge on any atom is 0.255 e. The van der Waals surface area contributed by atoms with E-state index in [0.29, 0.717) is 29.3 Å². The van der Waals surface area contributed by atoms with Crippen molar-refractivity contribution in [3.63, 3.8) is 0 Å². The van der Waals surface area contributed by atoms with Crippen molar-refractivity contribution < 1.29 is 13.6 Å². The van der Waals surface area contributed by atoms with Crippen molar-refractivity contribution in [2.75, 3.05) is 11.1 Å². The van der Waals surface area contributed by atoms with E-state index in [9.17, 15) is 13.6 Å². The molecule has 0 saturated carbocycles. The Balaban J connectivity index is 1.26. The molecular formula is C26H20F2N6OS. The number of carbonyl (C=O) groups is 1. The minimum Gasteiger partial charge on any atom is -0.383 e. The van der Waals surface area contributed by atoms with Crippen LogP contribution >= 0.6 is 11.3 Å². The average molecular weight is 503 g/mol. The fraction of sp³-hybridized carbons (Fsp3) is 0.0769. The predicted molar refractivity (Wildman–Crippen MR) is 136 cm³/mol. The van der Waals surface area contributed by atoms with Gasteiger partial charge in [0.05, 0.1) is 17.6 Å². The Kier molecular flexibility index (Phi) is 6.50. The topological polar surface area (TPSA) is 106 Å². The molecule has 0 aliphatic rings. The molecule has 0 unspecified atom stereocenters. The second kappa shape index (κ2) is 10.0. The summed E-state index contributed by atoms with van der Waals surface area (Å²) in [6, 6.07) is 16.7. The summed E-state index contributed by atoms with van der Waals surface area (Å²) in [5.41, 5.74) is 8.60. The Morgan fingerprint density at radius 1 is 0.944 bits per heavy atom. The number of nitrogens with zero attached hydrogens (tertiary/aromatic N) is 3. The number of thiophene rings is 1. The summed E-state index contributed by atoms with van der Waals surface area (Å²) in [7, 11) is 0. The maximum atomic E-state index is 13.4. The van der Waals surface area contributed by atoms with Crippen molar-refractivity contribution in [2.45, 2.75) is 13.1 Å². The normalized spacial score (nSPS) is 10.9. The Labute approximate surface area is 209 Å². The molecule has 7 nitrogen and oxygen atoms in total. The maximum absolute atomic E-state index is 13.4. The number of nitrogens with two attached hydrogens (primary N) is 1. The lowest BCUT2D eigenvalue weighted by atomic mass is 10.1. The van der Waals surface area contributed by atoms with E-state index in [1.54, 1.807) is 29.7 Å². The van der Waals surface area contributed by atoms with Crippen LogP contribution in [0.5, 0.6) is 0 Å². The van der Waals surface area contributed by atoms with Gasteiger partial charge in [-0.1, -0.05) is 12.1 Å². The number of nitrogen functional groups attached to an aromatic ring is 1. The molecule has 0 atom stereocenters. The summed E-state index contributed by atoms with van der Waals surface area (Å²) in [6.07, 6.45) is 3.04. The number of aromatic nitrogens is 3. The second-order valence-corrected chi connectivity index (χ2v) is 9.11. The number of amides is 1. The van der Waals surface area contributed by atoms with Gasteiger partial charge in [0.15, 0.2) is 11.6 Å². The Hall–Kier alpha value is -4.44. The number of benzene rings is 2. The number of hydrogen-bond donors (Lipinski definition) is 3. The van der Waals surface area contributed by atoms with E-state index in [-0.39, 0.29) is 12.5 Å². The first-order valence-corrected chi connectivity index (χ1v) is 11.8. The van der Waals surface area contributed by atoms with Crippen LogP contribution in [0.15, 0.2) is 73.2 Å². The number of nitrogens with one attached hydrogen (secondary N) is 2. The lowest BCUT2D eigenvalue weighted by Crippen LogP contribution is -2.24. The molecular weight excluding hydrogens is 482 g/mol.